The van der Waals surface area contributed by atoms with Crippen LogP contribution in [0.25, 0.3) is 0 Å². The molecule has 40 heavy (non-hydrogen) atoms. The summed E-state index contributed by atoms with van der Waals surface area (Å²) in [5.41, 5.74) is 1.56. The zero-order valence-corrected chi connectivity index (χ0v) is 25.4. The Bertz CT molecular complexity index is 1410. The summed E-state index contributed by atoms with van der Waals surface area (Å²) in [6.45, 7) is 7.51. The lowest BCUT2D eigenvalue weighted by Gasteiger charge is -2.33. The van der Waals surface area contributed by atoms with Gasteiger partial charge in [0, 0.05) is 23.1 Å². The SMILES string of the molecule is CCC(C(=O)NCC(C)C)N(Cc1ccc(Cl)cc1)C(=O)CN(c1cccc(Cl)c1C)S(=O)(=O)c1ccccc1. The lowest BCUT2D eigenvalue weighted by atomic mass is 10.1. The van der Waals surface area contributed by atoms with Crippen LogP contribution in [0.2, 0.25) is 10.0 Å². The van der Waals surface area contributed by atoms with Gasteiger partial charge in [-0.2, -0.15) is 0 Å². The number of halogens is 2. The normalized spacial score (nSPS) is 12.2. The maximum Gasteiger partial charge on any atom is 0.264 e. The first kappa shape index (κ1) is 31.5. The van der Waals surface area contributed by atoms with Crippen LogP contribution in [-0.2, 0) is 26.2 Å². The molecule has 10 heteroatoms. The van der Waals surface area contributed by atoms with E-state index in [2.05, 4.69) is 5.32 Å². The number of anilines is 1. The van der Waals surface area contributed by atoms with Gasteiger partial charge in [-0.05, 0) is 66.8 Å². The minimum absolute atomic E-state index is 0.0353. The van der Waals surface area contributed by atoms with E-state index < -0.39 is 28.5 Å². The lowest BCUT2D eigenvalue weighted by molar-refractivity contribution is -0.140. The molecule has 1 atom stereocenters. The van der Waals surface area contributed by atoms with Crippen LogP contribution < -0.4 is 9.62 Å². The molecule has 3 aromatic carbocycles. The first-order chi connectivity index (χ1) is 18.9. The Hall–Kier alpha value is -3.07. The van der Waals surface area contributed by atoms with Crippen LogP contribution in [0.5, 0.6) is 0 Å². The molecule has 0 saturated carbocycles. The average molecular weight is 605 g/mol. The fraction of sp³-hybridized carbons (Fsp3) is 0.333. The highest BCUT2D eigenvalue weighted by Crippen LogP contribution is 2.31. The summed E-state index contributed by atoms with van der Waals surface area (Å²) in [4.78, 5) is 28.8. The van der Waals surface area contributed by atoms with Crippen molar-refractivity contribution in [3.63, 3.8) is 0 Å². The molecule has 0 aliphatic carbocycles. The van der Waals surface area contributed by atoms with Gasteiger partial charge in [0.25, 0.3) is 10.0 Å². The molecule has 3 rings (SSSR count). The highest BCUT2D eigenvalue weighted by atomic mass is 35.5. The first-order valence-electron chi connectivity index (χ1n) is 13.1. The summed E-state index contributed by atoms with van der Waals surface area (Å²) in [7, 11) is -4.17. The van der Waals surface area contributed by atoms with Crippen molar-refractivity contribution in [2.24, 2.45) is 5.92 Å². The van der Waals surface area contributed by atoms with Crippen LogP contribution in [0.4, 0.5) is 5.69 Å². The summed E-state index contributed by atoms with van der Waals surface area (Å²) in [6.07, 6.45) is 0.338. The van der Waals surface area contributed by atoms with E-state index in [9.17, 15) is 18.0 Å². The zero-order chi connectivity index (χ0) is 29.4. The van der Waals surface area contributed by atoms with Gasteiger partial charge < -0.3 is 10.2 Å². The molecule has 0 spiro atoms. The van der Waals surface area contributed by atoms with Gasteiger partial charge in [0.15, 0.2) is 0 Å². The third-order valence-electron chi connectivity index (χ3n) is 6.45. The molecule has 0 aromatic heterocycles. The Morgan fingerprint density at radius 3 is 2.17 bits per heavy atom. The minimum atomic E-state index is -4.17. The largest absolute Gasteiger partial charge is 0.354 e. The maximum absolute atomic E-state index is 14.1. The van der Waals surface area contributed by atoms with Crippen LogP contribution in [0.3, 0.4) is 0 Å². The fourth-order valence-electron chi connectivity index (χ4n) is 4.23. The number of carbonyl (C=O) groups excluding carboxylic acids is 2. The second-order valence-electron chi connectivity index (χ2n) is 9.92. The van der Waals surface area contributed by atoms with Crippen molar-refractivity contribution in [2.45, 2.75) is 51.6 Å². The maximum atomic E-state index is 14.1. The van der Waals surface area contributed by atoms with Gasteiger partial charge in [-0.1, -0.05) is 80.4 Å². The summed E-state index contributed by atoms with van der Waals surface area (Å²) in [5.74, 6) is -0.602. The highest BCUT2D eigenvalue weighted by molar-refractivity contribution is 7.92. The molecule has 0 radical (unpaired) electrons. The van der Waals surface area contributed by atoms with E-state index in [0.29, 0.717) is 28.6 Å². The Balaban J connectivity index is 2.07. The minimum Gasteiger partial charge on any atom is -0.354 e. The molecule has 0 heterocycles. The quantitative estimate of drug-likeness (QED) is 0.272. The molecule has 0 bridgehead atoms. The number of nitrogens with one attached hydrogen (secondary N) is 1. The lowest BCUT2D eigenvalue weighted by Crippen LogP contribution is -2.52. The molecule has 3 aromatic rings. The second kappa shape index (κ2) is 14.0. The molecular formula is C30H35Cl2N3O4S. The van der Waals surface area contributed by atoms with Crippen molar-refractivity contribution < 1.29 is 18.0 Å². The van der Waals surface area contributed by atoms with Crippen molar-refractivity contribution in [1.29, 1.82) is 0 Å². The first-order valence-corrected chi connectivity index (χ1v) is 15.3. The van der Waals surface area contributed by atoms with Crippen LogP contribution in [0.15, 0.2) is 77.7 Å². The van der Waals surface area contributed by atoms with Crippen molar-refractivity contribution in [2.75, 3.05) is 17.4 Å². The summed E-state index contributed by atoms with van der Waals surface area (Å²) in [6, 6.07) is 19.0. The number of nitrogens with zero attached hydrogens (tertiary/aromatic N) is 2. The predicted octanol–water partition coefficient (Wildman–Crippen LogP) is 6.08. The van der Waals surface area contributed by atoms with Gasteiger partial charge >= 0.3 is 0 Å². The van der Waals surface area contributed by atoms with Gasteiger partial charge in [-0.15, -0.1) is 0 Å². The van der Waals surface area contributed by atoms with Crippen LogP contribution in [-0.4, -0.2) is 44.3 Å². The van der Waals surface area contributed by atoms with E-state index in [1.54, 1.807) is 67.6 Å². The molecule has 1 unspecified atom stereocenters. The molecule has 0 saturated heterocycles. The Labute approximate surface area is 247 Å². The van der Waals surface area contributed by atoms with Crippen molar-refractivity contribution in [1.82, 2.24) is 10.2 Å². The smallest absolute Gasteiger partial charge is 0.264 e. The van der Waals surface area contributed by atoms with E-state index in [4.69, 9.17) is 23.2 Å². The standard InChI is InChI=1S/C30H35Cl2N3O4S/c1-5-27(30(37)33-18-21(2)3)34(19-23-14-16-24(31)17-15-23)29(36)20-35(28-13-9-12-26(32)22(28)4)40(38,39)25-10-7-6-8-11-25/h6-17,21,27H,5,18-20H2,1-4H3,(H,33,37). The molecule has 214 valence electrons. The summed E-state index contributed by atoms with van der Waals surface area (Å²) < 4.78 is 28.9. The van der Waals surface area contributed by atoms with E-state index in [1.165, 1.54) is 17.0 Å². The average Bonchev–Trinajstić information content (AvgIpc) is 2.93. The van der Waals surface area contributed by atoms with Crippen LogP contribution in [0, 0.1) is 12.8 Å². The monoisotopic (exact) mass is 603 g/mol. The van der Waals surface area contributed by atoms with Crippen molar-refractivity contribution >= 4 is 50.7 Å². The number of sulfonamides is 1. The summed E-state index contributed by atoms with van der Waals surface area (Å²) in [5, 5.41) is 3.83. The molecule has 0 aliphatic rings. The number of benzene rings is 3. The Morgan fingerprint density at radius 1 is 0.925 bits per heavy atom. The van der Waals surface area contributed by atoms with Crippen molar-refractivity contribution in [3.05, 3.63) is 94.0 Å². The summed E-state index contributed by atoms with van der Waals surface area (Å²) >= 11 is 12.4. The van der Waals surface area contributed by atoms with E-state index in [0.717, 1.165) is 9.87 Å². The molecule has 1 N–H and O–H groups in total. The van der Waals surface area contributed by atoms with E-state index in [-0.39, 0.29) is 29.0 Å². The van der Waals surface area contributed by atoms with Gasteiger partial charge in [-0.25, -0.2) is 8.42 Å². The van der Waals surface area contributed by atoms with Gasteiger partial charge in [-0.3, -0.25) is 13.9 Å². The molecule has 0 fully saturated rings. The molecular weight excluding hydrogens is 569 g/mol. The number of amides is 2. The van der Waals surface area contributed by atoms with Crippen molar-refractivity contribution in [3.8, 4) is 0 Å². The highest BCUT2D eigenvalue weighted by Gasteiger charge is 2.34. The second-order valence-corrected chi connectivity index (χ2v) is 12.6. The fourth-order valence-corrected chi connectivity index (χ4v) is 6.02. The molecule has 7 nitrogen and oxygen atoms in total. The van der Waals surface area contributed by atoms with E-state index >= 15 is 0 Å². The van der Waals surface area contributed by atoms with Gasteiger partial charge in [0.1, 0.15) is 12.6 Å². The van der Waals surface area contributed by atoms with Crippen LogP contribution in [0.1, 0.15) is 38.3 Å². The Kier molecular flexibility index (Phi) is 11.0. The number of carbonyl (C=O) groups is 2. The van der Waals surface area contributed by atoms with E-state index in [1.807, 2.05) is 20.8 Å². The van der Waals surface area contributed by atoms with Gasteiger partial charge in [0.2, 0.25) is 11.8 Å². The third kappa shape index (κ3) is 7.77. The topological polar surface area (TPSA) is 86.8 Å². The zero-order valence-electron chi connectivity index (χ0n) is 23.1. The molecule has 0 aliphatic heterocycles. The van der Waals surface area contributed by atoms with Gasteiger partial charge in [0.05, 0.1) is 10.6 Å². The number of hydrogen-bond donors (Lipinski definition) is 1. The number of hydrogen-bond acceptors (Lipinski definition) is 4. The Morgan fingerprint density at radius 2 is 1.57 bits per heavy atom. The molecule has 2 amide bonds. The predicted molar refractivity (Wildman–Crippen MR) is 161 cm³/mol. The third-order valence-corrected chi connectivity index (χ3v) is 8.89. The van der Waals surface area contributed by atoms with Crippen LogP contribution >= 0.6 is 23.2 Å². The number of rotatable bonds is 12.